The summed E-state index contributed by atoms with van der Waals surface area (Å²) in [6.45, 7) is 11.4. The van der Waals surface area contributed by atoms with Gasteiger partial charge in [-0.3, -0.25) is 0 Å². The number of nitriles is 3. The topological polar surface area (TPSA) is 244 Å². The zero-order valence-electron chi connectivity index (χ0n) is 41.2. The highest BCUT2D eigenvalue weighted by atomic mass is 79.9. The van der Waals surface area contributed by atoms with Gasteiger partial charge in [-0.1, -0.05) is 37.0 Å². The number of H-pyrrole nitrogens is 3. The lowest BCUT2D eigenvalue weighted by Gasteiger charge is -2.37. The number of hydrogen-bond acceptors (Lipinski definition) is 15. The molecule has 12 rings (SSSR count). The molecule has 74 heavy (non-hydrogen) atoms. The molecule has 378 valence electrons. The van der Waals surface area contributed by atoms with E-state index in [4.69, 9.17) is 43.2 Å². The first-order valence-electron chi connectivity index (χ1n) is 24.3. The first-order valence-corrected chi connectivity index (χ1v) is 25.8. The number of ether oxygens (including phenoxy) is 2. The summed E-state index contributed by atoms with van der Waals surface area (Å²) in [6, 6.07) is 11.5. The quantitative estimate of drug-likeness (QED) is 0.116. The largest absolute Gasteiger partial charge is 0.491 e. The Labute approximate surface area is 444 Å². The molecule has 9 aromatic heterocycles. The van der Waals surface area contributed by atoms with Gasteiger partial charge < -0.3 is 44.2 Å². The van der Waals surface area contributed by atoms with Gasteiger partial charge in [0.15, 0.2) is 5.75 Å². The summed E-state index contributed by atoms with van der Waals surface area (Å²) in [5, 5.41) is 43.4. The van der Waals surface area contributed by atoms with E-state index in [2.05, 4.69) is 122 Å². The number of nitrogens with one attached hydrogen (secondary N) is 3. The Morgan fingerprint density at radius 1 is 0.622 bits per heavy atom. The highest BCUT2D eigenvalue weighted by molar-refractivity contribution is 9.10. The fourth-order valence-corrected chi connectivity index (χ4v) is 10.8. The molecule has 4 N–H and O–H groups in total. The minimum atomic E-state index is -0.346. The number of piperidine rings is 2. The third-order valence-corrected chi connectivity index (χ3v) is 15.7. The maximum absolute atomic E-state index is 9.81. The number of anilines is 1. The Morgan fingerprint density at radius 3 is 1.50 bits per heavy atom. The van der Waals surface area contributed by atoms with Crippen LogP contribution in [0, 0.1) is 44.8 Å². The van der Waals surface area contributed by atoms with Crippen molar-refractivity contribution < 1.29 is 14.6 Å². The van der Waals surface area contributed by atoms with Crippen molar-refractivity contribution in [3.63, 3.8) is 0 Å². The van der Waals surface area contributed by atoms with Gasteiger partial charge in [0.05, 0.1) is 98.2 Å². The smallest absolute Gasteiger partial charge is 0.151 e. The van der Waals surface area contributed by atoms with E-state index in [1.165, 1.54) is 0 Å². The molecule has 21 heteroatoms. The minimum absolute atomic E-state index is 0.122. The molecule has 0 aliphatic carbocycles. The average Bonchev–Trinajstić information content (AvgIpc) is 4.21. The van der Waals surface area contributed by atoms with Gasteiger partial charge >= 0.3 is 0 Å². The molecule has 0 spiro atoms. The van der Waals surface area contributed by atoms with Crippen LogP contribution in [0.3, 0.4) is 0 Å². The maximum Gasteiger partial charge on any atom is 0.151 e. The predicted octanol–water partition coefficient (Wildman–Crippen LogP) is 9.81. The minimum Gasteiger partial charge on any atom is -0.491 e. The van der Waals surface area contributed by atoms with Crippen LogP contribution in [0.25, 0.3) is 65.8 Å². The van der Waals surface area contributed by atoms with Gasteiger partial charge in [0.25, 0.3) is 0 Å². The van der Waals surface area contributed by atoms with Crippen LogP contribution in [0.1, 0.15) is 63.0 Å². The Balaban J connectivity index is 0.000000127. The Hall–Kier alpha value is -6.89. The maximum atomic E-state index is 9.81. The molecule has 0 aromatic carbocycles. The Kier molecular flexibility index (Phi) is 14.2. The van der Waals surface area contributed by atoms with Crippen LogP contribution in [0.15, 0.2) is 59.9 Å². The molecule has 0 amide bonds. The summed E-state index contributed by atoms with van der Waals surface area (Å²) in [5.41, 5.74) is 6.81. The number of aliphatic hydroxyl groups excluding tert-OH is 1. The van der Waals surface area contributed by atoms with E-state index < -0.39 is 0 Å². The van der Waals surface area contributed by atoms with Crippen LogP contribution in [0.4, 0.5) is 5.69 Å². The molecule has 3 aliphatic heterocycles. The van der Waals surface area contributed by atoms with Crippen LogP contribution in [-0.4, -0.2) is 132 Å². The SMILES string of the molecule is CN1CCC(C)(COc2c(Br)cnc3[nH]c4cnc(C#N)cc4c23)CC1.CN1CCC(C)(COc2c(Cl)cnc3[nH]c4cnc(C#N)cc4c23)CC1.N#Cc1cc2c(cn1)[nH]c1ncc(Cl)c(N3CC[C@H](O)C3)c12. The second kappa shape index (κ2) is 20.8. The van der Waals surface area contributed by atoms with E-state index in [1.807, 2.05) is 0 Å². The van der Waals surface area contributed by atoms with Crippen LogP contribution in [-0.2, 0) is 0 Å². The van der Waals surface area contributed by atoms with Crippen molar-refractivity contribution in [1.82, 2.24) is 54.7 Å². The van der Waals surface area contributed by atoms with Gasteiger partial charge in [-0.25, -0.2) is 29.9 Å². The van der Waals surface area contributed by atoms with Crippen molar-refractivity contribution >= 4 is 111 Å². The van der Waals surface area contributed by atoms with Crippen LogP contribution in [0.5, 0.6) is 11.5 Å². The lowest BCUT2D eigenvalue weighted by Crippen LogP contribution is -2.39. The van der Waals surface area contributed by atoms with Crippen LogP contribution >= 0.6 is 39.1 Å². The summed E-state index contributed by atoms with van der Waals surface area (Å²) in [7, 11) is 4.31. The van der Waals surface area contributed by atoms with Crippen molar-refractivity contribution in [3.8, 4) is 29.7 Å². The first-order chi connectivity index (χ1) is 35.6. The number of fused-ring (bicyclic) bond motifs is 9. The molecule has 0 unspecified atom stereocenters. The van der Waals surface area contributed by atoms with Crippen molar-refractivity contribution in [3.05, 3.63) is 87.0 Å². The van der Waals surface area contributed by atoms with E-state index in [1.54, 1.807) is 55.4 Å². The molecular formula is C53H52BrCl2N15O3. The normalized spacial score (nSPS) is 17.7. The number of likely N-dealkylation sites (tertiary alicyclic amines) is 2. The fraction of sp³-hybridized carbons (Fsp3) is 0.377. The molecule has 9 aromatic rings. The number of halogens is 3. The summed E-state index contributed by atoms with van der Waals surface area (Å²) in [6.07, 6.45) is 14.7. The predicted molar refractivity (Wildman–Crippen MR) is 290 cm³/mol. The monoisotopic (exact) mass is 1100 g/mol. The molecule has 3 saturated heterocycles. The number of aliphatic hydroxyl groups is 1. The molecule has 0 radical (unpaired) electrons. The van der Waals surface area contributed by atoms with E-state index in [0.717, 1.165) is 129 Å². The standard InChI is InChI=1S/C19H20BrN5O.C19H20ClN5O.C15H12ClN5O/c2*1-19(3-5-25(2)6-4-19)11-26-17-14(20)9-23-18-16(17)13-7-12(8-21)22-10-15(13)24-18;16-11-5-19-15-13(14(11)21-2-1-9(22)7-21)10-3-8(4-17)18-6-12(10)20-15/h2*7,9-10H,3-6,11H2,1-2H3,(H,23,24);3,5-6,9,22H,1-2,7H2,(H,19,20)/t;;9-/m..0/s1. The molecule has 3 aliphatic rings. The summed E-state index contributed by atoms with van der Waals surface area (Å²) in [5.74, 6) is 1.40. The number of aromatic nitrogens is 9. The Morgan fingerprint density at radius 2 is 1.04 bits per heavy atom. The number of aromatic amines is 3. The number of pyridine rings is 6. The van der Waals surface area contributed by atoms with Gasteiger partial charge in [-0.05, 0) is 107 Å². The van der Waals surface area contributed by atoms with Gasteiger partial charge in [0, 0.05) is 46.3 Å². The molecule has 18 nitrogen and oxygen atoms in total. The van der Waals surface area contributed by atoms with Crippen molar-refractivity contribution in [2.24, 2.45) is 10.8 Å². The second-order valence-electron chi connectivity index (χ2n) is 20.2. The fourth-order valence-electron chi connectivity index (χ4n) is 9.95. The van der Waals surface area contributed by atoms with E-state index in [0.29, 0.717) is 70.4 Å². The highest BCUT2D eigenvalue weighted by Crippen LogP contribution is 2.43. The van der Waals surface area contributed by atoms with Crippen molar-refractivity contribution in [2.75, 3.05) is 71.5 Å². The lowest BCUT2D eigenvalue weighted by atomic mass is 9.81. The zero-order valence-corrected chi connectivity index (χ0v) is 44.3. The Bertz CT molecular complexity index is 3560. The van der Waals surface area contributed by atoms with E-state index in [9.17, 15) is 10.4 Å². The molecule has 3 fully saturated rings. The zero-order chi connectivity index (χ0) is 51.9. The number of β-amino-alcohol motifs (C(OH)–C–C–N with tert-alkyl or cyclic N) is 1. The number of nitrogens with zero attached hydrogens (tertiary/aromatic N) is 12. The van der Waals surface area contributed by atoms with E-state index in [-0.39, 0.29) is 16.9 Å². The molecule has 0 bridgehead atoms. The summed E-state index contributed by atoms with van der Waals surface area (Å²) >= 11 is 16.4. The van der Waals surface area contributed by atoms with Gasteiger partial charge in [-0.15, -0.1) is 0 Å². The van der Waals surface area contributed by atoms with Crippen molar-refractivity contribution in [2.45, 2.75) is 52.1 Å². The summed E-state index contributed by atoms with van der Waals surface area (Å²) < 4.78 is 13.4. The van der Waals surface area contributed by atoms with Gasteiger partial charge in [-0.2, -0.15) is 15.8 Å². The summed E-state index contributed by atoms with van der Waals surface area (Å²) in [4.78, 5) is 41.9. The van der Waals surface area contributed by atoms with Crippen LogP contribution in [0.2, 0.25) is 10.0 Å². The molecule has 1 atom stereocenters. The average molecular weight is 1100 g/mol. The molecule has 0 saturated carbocycles. The number of hydrogen-bond donors (Lipinski definition) is 4. The van der Waals surface area contributed by atoms with Gasteiger partial charge in [0.2, 0.25) is 0 Å². The van der Waals surface area contributed by atoms with Crippen molar-refractivity contribution in [1.29, 1.82) is 15.8 Å². The van der Waals surface area contributed by atoms with Gasteiger partial charge in [0.1, 0.15) is 63.0 Å². The lowest BCUT2D eigenvalue weighted by molar-refractivity contribution is 0.0807. The third-order valence-electron chi connectivity index (χ3n) is 14.6. The molecular weight excluding hydrogens is 1050 g/mol. The van der Waals surface area contributed by atoms with E-state index >= 15 is 0 Å². The second-order valence-corrected chi connectivity index (χ2v) is 21.9. The first kappa shape index (κ1) is 50.6. The number of rotatable bonds is 7. The third kappa shape index (κ3) is 10.2. The van der Waals surface area contributed by atoms with Crippen LogP contribution < -0.4 is 14.4 Å². The molecule has 12 heterocycles. The highest BCUT2D eigenvalue weighted by Gasteiger charge is 2.32.